The maximum absolute atomic E-state index is 11.3. The number of aliphatic carboxylic acids is 1. The summed E-state index contributed by atoms with van der Waals surface area (Å²) in [5.74, 6) is -0.386. The second-order valence-electron chi connectivity index (χ2n) is 7.63. The van der Waals surface area contributed by atoms with E-state index in [0.29, 0.717) is 18.8 Å². The monoisotopic (exact) mass is 352 g/mol. The van der Waals surface area contributed by atoms with Crippen LogP contribution in [0.3, 0.4) is 0 Å². The van der Waals surface area contributed by atoms with Crippen LogP contribution in [0.5, 0.6) is 0 Å². The maximum atomic E-state index is 11.3. The molecule has 2 aromatic rings. The third kappa shape index (κ3) is 4.13. The van der Waals surface area contributed by atoms with Crippen molar-refractivity contribution in [1.82, 2.24) is 9.88 Å². The normalized spacial score (nSPS) is 17.4. The van der Waals surface area contributed by atoms with E-state index in [1.54, 1.807) is 0 Å². The fourth-order valence-corrected chi connectivity index (χ4v) is 3.68. The summed E-state index contributed by atoms with van der Waals surface area (Å²) in [6.45, 7) is 8.00. The molecule has 1 aromatic carbocycles. The van der Waals surface area contributed by atoms with Crippen molar-refractivity contribution in [2.45, 2.75) is 45.6 Å². The summed E-state index contributed by atoms with van der Waals surface area (Å²) >= 11 is 0. The number of pyridine rings is 1. The summed E-state index contributed by atoms with van der Waals surface area (Å²) in [6.07, 6.45) is 3.30. The Morgan fingerprint density at radius 2 is 1.69 bits per heavy atom. The van der Waals surface area contributed by atoms with E-state index < -0.39 is 5.97 Å². The second-order valence-corrected chi connectivity index (χ2v) is 7.63. The number of benzene rings is 1. The summed E-state index contributed by atoms with van der Waals surface area (Å²) in [4.78, 5) is 18.3. The van der Waals surface area contributed by atoms with Gasteiger partial charge in [-0.25, -0.2) is 0 Å². The third-order valence-corrected chi connectivity index (χ3v) is 5.38. The van der Waals surface area contributed by atoms with E-state index in [-0.39, 0.29) is 12.0 Å². The van der Waals surface area contributed by atoms with Gasteiger partial charge in [-0.3, -0.25) is 14.7 Å². The fraction of sp³-hybridized carbons (Fsp3) is 0.455. The van der Waals surface area contributed by atoms with Crippen molar-refractivity contribution < 1.29 is 9.90 Å². The average molecular weight is 352 g/mol. The average Bonchev–Trinajstić information content (AvgIpc) is 2.64. The topological polar surface area (TPSA) is 53.4 Å². The Hall–Kier alpha value is -2.20. The lowest BCUT2D eigenvalue weighted by Crippen LogP contribution is -2.39. The molecule has 1 atom stereocenters. The molecule has 0 spiro atoms. The summed E-state index contributed by atoms with van der Waals surface area (Å²) < 4.78 is 0. The van der Waals surface area contributed by atoms with Crippen LogP contribution < -0.4 is 0 Å². The lowest BCUT2D eigenvalue weighted by molar-refractivity contribution is -0.143. The number of aryl methyl sites for hydroxylation is 1. The minimum Gasteiger partial charge on any atom is -0.481 e. The van der Waals surface area contributed by atoms with E-state index >= 15 is 0 Å². The second kappa shape index (κ2) is 8.00. The molecule has 1 fully saturated rings. The first kappa shape index (κ1) is 18.6. The SMILES string of the molecule is Cc1ccc(C(c2ccc(C(C)C)cc2)N2CCC(C(=O)O)CC2)nc1. The van der Waals surface area contributed by atoms with Crippen LogP contribution in [0.1, 0.15) is 61.0 Å². The maximum Gasteiger partial charge on any atom is 0.306 e. The molecule has 1 aromatic heterocycles. The zero-order valence-corrected chi connectivity index (χ0v) is 15.9. The Morgan fingerprint density at radius 1 is 1.08 bits per heavy atom. The number of likely N-dealkylation sites (tertiary alicyclic amines) is 1. The molecule has 1 aliphatic heterocycles. The molecule has 138 valence electrons. The van der Waals surface area contributed by atoms with E-state index in [0.717, 1.165) is 24.3 Å². The van der Waals surface area contributed by atoms with Crippen LogP contribution in [0, 0.1) is 12.8 Å². The van der Waals surface area contributed by atoms with Gasteiger partial charge in [0.05, 0.1) is 17.7 Å². The van der Waals surface area contributed by atoms with Gasteiger partial charge in [0.15, 0.2) is 0 Å². The summed E-state index contributed by atoms with van der Waals surface area (Å²) in [5.41, 5.74) is 4.72. The quantitative estimate of drug-likeness (QED) is 0.866. The molecule has 1 saturated heterocycles. The highest BCUT2D eigenvalue weighted by Gasteiger charge is 2.30. The summed E-state index contributed by atoms with van der Waals surface area (Å²) in [6, 6.07) is 13.1. The molecule has 1 unspecified atom stereocenters. The van der Waals surface area contributed by atoms with Crippen molar-refractivity contribution in [2.24, 2.45) is 5.92 Å². The summed E-state index contributed by atoms with van der Waals surface area (Å²) in [7, 11) is 0. The predicted molar refractivity (Wildman–Crippen MR) is 103 cm³/mol. The minimum absolute atomic E-state index is 0.0755. The molecular formula is C22H28N2O2. The summed E-state index contributed by atoms with van der Waals surface area (Å²) in [5, 5.41) is 9.28. The van der Waals surface area contributed by atoms with Gasteiger partial charge >= 0.3 is 5.97 Å². The first-order valence-electron chi connectivity index (χ1n) is 9.45. The van der Waals surface area contributed by atoms with Crippen LogP contribution in [0.4, 0.5) is 0 Å². The zero-order valence-electron chi connectivity index (χ0n) is 15.9. The molecule has 0 radical (unpaired) electrons. The lowest BCUT2D eigenvalue weighted by Gasteiger charge is -2.36. The minimum atomic E-state index is -0.670. The number of carboxylic acid groups (broad SMARTS) is 1. The van der Waals surface area contributed by atoms with Crippen LogP contribution in [-0.2, 0) is 4.79 Å². The Balaban J connectivity index is 1.89. The largest absolute Gasteiger partial charge is 0.481 e. The third-order valence-electron chi connectivity index (χ3n) is 5.38. The van der Waals surface area contributed by atoms with E-state index in [4.69, 9.17) is 0 Å². The molecule has 3 rings (SSSR count). The Kier molecular flexibility index (Phi) is 5.72. The van der Waals surface area contributed by atoms with Crippen LogP contribution in [0.25, 0.3) is 0 Å². The number of hydrogen-bond acceptors (Lipinski definition) is 3. The molecule has 1 N–H and O–H groups in total. The van der Waals surface area contributed by atoms with E-state index in [1.807, 2.05) is 13.1 Å². The van der Waals surface area contributed by atoms with Gasteiger partial charge < -0.3 is 5.11 Å². The van der Waals surface area contributed by atoms with Crippen molar-refractivity contribution >= 4 is 5.97 Å². The Morgan fingerprint density at radius 3 is 2.19 bits per heavy atom. The predicted octanol–water partition coefficient (Wildman–Crippen LogP) is 4.40. The number of aromatic nitrogens is 1. The van der Waals surface area contributed by atoms with Gasteiger partial charge in [0.25, 0.3) is 0 Å². The van der Waals surface area contributed by atoms with Crippen LogP contribution in [0.15, 0.2) is 42.6 Å². The van der Waals surface area contributed by atoms with Crippen LogP contribution >= 0.6 is 0 Å². The Labute approximate surface area is 155 Å². The molecule has 4 nitrogen and oxygen atoms in total. The van der Waals surface area contributed by atoms with Crippen molar-refractivity contribution in [3.63, 3.8) is 0 Å². The first-order valence-corrected chi connectivity index (χ1v) is 9.45. The molecule has 0 saturated carbocycles. The van der Waals surface area contributed by atoms with Crippen molar-refractivity contribution in [2.75, 3.05) is 13.1 Å². The van der Waals surface area contributed by atoms with Crippen LogP contribution in [0.2, 0.25) is 0 Å². The number of rotatable bonds is 5. The zero-order chi connectivity index (χ0) is 18.7. The van der Waals surface area contributed by atoms with Gasteiger partial charge in [0.1, 0.15) is 0 Å². The molecule has 0 aliphatic carbocycles. The molecule has 26 heavy (non-hydrogen) atoms. The van der Waals surface area contributed by atoms with Crippen molar-refractivity contribution in [3.05, 3.63) is 65.0 Å². The Bertz CT molecular complexity index is 730. The molecule has 4 heteroatoms. The van der Waals surface area contributed by atoms with E-state index in [9.17, 15) is 9.90 Å². The van der Waals surface area contributed by atoms with Gasteiger partial charge in [-0.1, -0.05) is 44.2 Å². The van der Waals surface area contributed by atoms with E-state index in [2.05, 4.69) is 60.1 Å². The van der Waals surface area contributed by atoms with Gasteiger partial charge in [-0.05, 0) is 61.5 Å². The highest BCUT2D eigenvalue weighted by molar-refractivity contribution is 5.70. The number of piperidine rings is 1. The fourth-order valence-electron chi connectivity index (χ4n) is 3.68. The first-order chi connectivity index (χ1) is 12.5. The lowest BCUT2D eigenvalue weighted by atomic mass is 9.92. The van der Waals surface area contributed by atoms with Gasteiger partial charge in [-0.15, -0.1) is 0 Å². The highest BCUT2D eigenvalue weighted by Crippen LogP contribution is 2.32. The number of nitrogens with zero attached hydrogens (tertiary/aromatic N) is 2. The van der Waals surface area contributed by atoms with Gasteiger partial charge in [-0.2, -0.15) is 0 Å². The molecule has 1 aliphatic rings. The molecule has 0 amide bonds. The molecule has 2 heterocycles. The standard InChI is InChI=1S/C22H28N2O2/c1-15(2)17-5-7-18(8-6-17)21(20-9-4-16(3)14-23-20)24-12-10-19(11-13-24)22(25)26/h4-9,14-15,19,21H,10-13H2,1-3H3,(H,25,26). The van der Waals surface area contributed by atoms with Crippen molar-refractivity contribution in [1.29, 1.82) is 0 Å². The van der Waals surface area contributed by atoms with Gasteiger partial charge in [0, 0.05) is 6.20 Å². The van der Waals surface area contributed by atoms with Gasteiger partial charge in [0.2, 0.25) is 0 Å². The molecular weight excluding hydrogens is 324 g/mol. The van der Waals surface area contributed by atoms with Crippen LogP contribution in [-0.4, -0.2) is 34.0 Å². The number of hydrogen-bond donors (Lipinski definition) is 1. The van der Waals surface area contributed by atoms with E-state index in [1.165, 1.54) is 11.1 Å². The smallest absolute Gasteiger partial charge is 0.306 e. The highest BCUT2D eigenvalue weighted by atomic mass is 16.4. The number of carboxylic acids is 1. The van der Waals surface area contributed by atoms with Crippen molar-refractivity contribution in [3.8, 4) is 0 Å². The number of carbonyl (C=O) groups is 1. The molecule has 0 bridgehead atoms.